The van der Waals surface area contributed by atoms with E-state index in [1.807, 2.05) is 4.72 Å². The number of hydrogen-bond donors (Lipinski definition) is 2. The summed E-state index contributed by atoms with van der Waals surface area (Å²) in [6.45, 7) is 1.06. The van der Waals surface area contributed by atoms with E-state index in [-0.39, 0.29) is 18.4 Å². The standard InChI is InChI=1S/C25H21F5N4O4S/c26-19-5-6-20(34-39(35,36)17-3-1-15(2-4-17)25(28,29)30)22(27)18(19)11-14-12-31-23-21(14)24(33-13-32-23)38-16-7-9-37-10-8-16/h1-6,12-13,16,34H,7-11H2,(H,31,32,33). The van der Waals surface area contributed by atoms with E-state index in [0.29, 0.717) is 54.8 Å². The lowest BCUT2D eigenvalue weighted by molar-refractivity contribution is -0.137. The van der Waals surface area contributed by atoms with Gasteiger partial charge >= 0.3 is 6.18 Å². The summed E-state index contributed by atoms with van der Waals surface area (Å²) in [7, 11) is -4.48. The molecule has 2 N–H and O–H groups in total. The molecule has 0 spiro atoms. The van der Waals surface area contributed by atoms with Crippen molar-refractivity contribution >= 4 is 26.7 Å². The Morgan fingerprint density at radius 2 is 1.77 bits per heavy atom. The monoisotopic (exact) mass is 568 g/mol. The summed E-state index contributed by atoms with van der Waals surface area (Å²) in [5.74, 6) is -1.87. The van der Waals surface area contributed by atoms with E-state index in [0.717, 1.165) is 24.3 Å². The van der Waals surface area contributed by atoms with Gasteiger partial charge in [-0.2, -0.15) is 13.2 Å². The predicted molar refractivity (Wildman–Crippen MR) is 130 cm³/mol. The minimum atomic E-state index is -4.66. The second kappa shape index (κ2) is 10.4. The number of nitrogens with one attached hydrogen (secondary N) is 2. The highest BCUT2D eigenvalue weighted by Gasteiger charge is 2.31. The molecule has 8 nitrogen and oxygen atoms in total. The number of fused-ring (bicyclic) bond motifs is 1. The van der Waals surface area contributed by atoms with E-state index >= 15 is 4.39 Å². The summed E-state index contributed by atoms with van der Waals surface area (Å²) in [6.07, 6.45) is -1.01. The number of halogens is 5. The van der Waals surface area contributed by atoms with Crippen LogP contribution < -0.4 is 9.46 Å². The maximum atomic E-state index is 15.5. The fourth-order valence-electron chi connectivity index (χ4n) is 4.23. The van der Waals surface area contributed by atoms with E-state index in [1.165, 1.54) is 12.5 Å². The lowest BCUT2D eigenvalue weighted by atomic mass is 10.0. The molecular weight excluding hydrogens is 547 g/mol. The molecule has 14 heteroatoms. The normalized spacial score (nSPS) is 15.0. The third-order valence-electron chi connectivity index (χ3n) is 6.25. The zero-order valence-corrected chi connectivity index (χ0v) is 20.9. The highest BCUT2D eigenvalue weighted by atomic mass is 32.2. The van der Waals surface area contributed by atoms with Crippen molar-refractivity contribution in [3.05, 3.63) is 77.2 Å². The Balaban J connectivity index is 1.43. The molecule has 0 amide bonds. The number of sulfonamides is 1. The average molecular weight is 569 g/mol. The molecule has 0 saturated carbocycles. The molecular formula is C25H21F5N4O4S. The fraction of sp³-hybridized carbons (Fsp3) is 0.280. The molecule has 5 rings (SSSR count). The molecule has 1 aliphatic rings. The van der Waals surface area contributed by atoms with Gasteiger partial charge < -0.3 is 14.5 Å². The highest BCUT2D eigenvalue weighted by molar-refractivity contribution is 7.92. The Morgan fingerprint density at radius 1 is 1.05 bits per heavy atom. The molecule has 1 fully saturated rings. The zero-order valence-electron chi connectivity index (χ0n) is 20.1. The van der Waals surface area contributed by atoms with Gasteiger partial charge in [0.2, 0.25) is 5.88 Å². The van der Waals surface area contributed by atoms with E-state index < -0.39 is 49.5 Å². The first-order valence-electron chi connectivity index (χ1n) is 11.8. The molecule has 3 heterocycles. The second-order valence-electron chi connectivity index (χ2n) is 8.84. The number of hydrogen-bond acceptors (Lipinski definition) is 6. The third-order valence-corrected chi connectivity index (χ3v) is 7.63. The Morgan fingerprint density at radius 3 is 2.46 bits per heavy atom. The molecule has 0 aliphatic carbocycles. The van der Waals surface area contributed by atoms with Crippen LogP contribution in [-0.4, -0.2) is 42.7 Å². The molecule has 0 unspecified atom stereocenters. The molecule has 0 bridgehead atoms. The van der Waals surface area contributed by atoms with Crippen LogP contribution in [0.3, 0.4) is 0 Å². The Labute approximate surface area is 219 Å². The number of H-pyrrole nitrogens is 1. The van der Waals surface area contributed by atoms with Gasteiger partial charge in [0.05, 0.1) is 34.7 Å². The molecule has 2 aromatic heterocycles. The van der Waals surface area contributed by atoms with Crippen LogP contribution in [0.5, 0.6) is 5.88 Å². The number of aromatic amines is 1. The first-order chi connectivity index (χ1) is 18.5. The largest absolute Gasteiger partial charge is 0.474 e. The smallest absolute Gasteiger partial charge is 0.416 e. The van der Waals surface area contributed by atoms with Crippen LogP contribution in [0, 0.1) is 11.6 Å². The minimum absolute atomic E-state index is 0.156. The number of benzene rings is 2. The van der Waals surface area contributed by atoms with Crippen molar-refractivity contribution in [2.45, 2.75) is 36.4 Å². The quantitative estimate of drug-likeness (QED) is 0.297. The van der Waals surface area contributed by atoms with Crippen molar-refractivity contribution in [3.63, 3.8) is 0 Å². The SMILES string of the molecule is O=S(=O)(Nc1ccc(F)c(Cc2c[nH]c3ncnc(OC4CCOCC4)c23)c1F)c1ccc(C(F)(F)F)cc1. The van der Waals surface area contributed by atoms with Crippen LogP contribution in [0.2, 0.25) is 0 Å². The third kappa shape index (κ3) is 5.66. The molecule has 4 aromatic rings. The van der Waals surface area contributed by atoms with Crippen LogP contribution in [-0.2, 0) is 27.4 Å². The Kier molecular flexibility index (Phi) is 7.16. The number of ether oxygens (including phenoxy) is 2. The van der Waals surface area contributed by atoms with Gasteiger partial charge in [-0.05, 0) is 42.0 Å². The first kappa shape index (κ1) is 26.8. The van der Waals surface area contributed by atoms with E-state index in [9.17, 15) is 26.0 Å². The van der Waals surface area contributed by atoms with Gasteiger partial charge in [-0.15, -0.1) is 0 Å². The number of nitrogens with zero attached hydrogens (tertiary/aromatic N) is 2. The number of alkyl halides is 3. The second-order valence-corrected chi connectivity index (χ2v) is 10.5. The Bertz CT molecular complexity index is 1600. The molecule has 1 saturated heterocycles. The van der Waals surface area contributed by atoms with Gasteiger partial charge in [0.25, 0.3) is 10.0 Å². The first-order valence-corrected chi connectivity index (χ1v) is 13.2. The Hall–Kier alpha value is -3.78. The lowest BCUT2D eigenvalue weighted by Gasteiger charge is -2.23. The van der Waals surface area contributed by atoms with Gasteiger partial charge in [0, 0.05) is 31.0 Å². The van der Waals surface area contributed by atoms with Gasteiger partial charge in [-0.1, -0.05) is 0 Å². The van der Waals surface area contributed by atoms with Crippen molar-refractivity contribution in [3.8, 4) is 5.88 Å². The van der Waals surface area contributed by atoms with Crippen molar-refractivity contribution < 1.29 is 39.8 Å². The molecule has 39 heavy (non-hydrogen) atoms. The van der Waals surface area contributed by atoms with Gasteiger partial charge in [-0.3, -0.25) is 4.72 Å². The van der Waals surface area contributed by atoms with E-state index in [2.05, 4.69) is 15.0 Å². The topological polar surface area (TPSA) is 106 Å². The van der Waals surface area contributed by atoms with E-state index in [1.54, 1.807) is 0 Å². The minimum Gasteiger partial charge on any atom is -0.474 e. The van der Waals surface area contributed by atoms with E-state index in [4.69, 9.17) is 9.47 Å². The van der Waals surface area contributed by atoms with Gasteiger partial charge in [0.15, 0.2) is 5.82 Å². The van der Waals surface area contributed by atoms with Crippen molar-refractivity contribution in [1.82, 2.24) is 15.0 Å². The molecule has 206 valence electrons. The maximum Gasteiger partial charge on any atom is 0.416 e. The summed E-state index contributed by atoms with van der Waals surface area (Å²) in [5.41, 5.74) is -1.25. The van der Waals surface area contributed by atoms with Crippen LogP contribution in [0.4, 0.5) is 27.6 Å². The number of anilines is 1. The van der Waals surface area contributed by atoms with Crippen molar-refractivity contribution in [2.24, 2.45) is 0 Å². The molecule has 0 radical (unpaired) electrons. The summed E-state index contributed by atoms with van der Waals surface area (Å²) >= 11 is 0. The summed E-state index contributed by atoms with van der Waals surface area (Å²) in [4.78, 5) is 10.7. The van der Waals surface area contributed by atoms with Gasteiger partial charge in [0.1, 0.15) is 23.9 Å². The zero-order chi connectivity index (χ0) is 27.8. The van der Waals surface area contributed by atoms with Crippen LogP contribution in [0.1, 0.15) is 29.5 Å². The highest BCUT2D eigenvalue weighted by Crippen LogP contribution is 2.33. The average Bonchev–Trinajstić information content (AvgIpc) is 3.32. The fourth-order valence-corrected chi connectivity index (χ4v) is 5.29. The number of rotatable bonds is 7. The van der Waals surface area contributed by atoms with Crippen LogP contribution >= 0.6 is 0 Å². The van der Waals surface area contributed by atoms with Crippen LogP contribution in [0.25, 0.3) is 11.0 Å². The summed E-state index contributed by atoms with van der Waals surface area (Å²) in [5, 5.41) is 0.429. The summed E-state index contributed by atoms with van der Waals surface area (Å²) in [6, 6.07) is 4.49. The van der Waals surface area contributed by atoms with Crippen LogP contribution in [0.15, 0.2) is 53.8 Å². The predicted octanol–water partition coefficient (Wildman–Crippen LogP) is 5.20. The van der Waals surface area contributed by atoms with Crippen molar-refractivity contribution in [2.75, 3.05) is 17.9 Å². The summed E-state index contributed by atoms with van der Waals surface area (Å²) < 4.78 is 108. The molecule has 2 aromatic carbocycles. The van der Waals surface area contributed by atoms with Gasteiger partial charge in [-0.25, -0.2) is 27.2 Å². The van der Waals surface area contributed by atoms with Crippen molar-refractivity contribution in [1.29, 1.82) is 0 Å². The molecule has 0 atom stereocenters. The maximum absolute atomic E-state index is 15.5. The molecule has 1 aliphatic heterocycles. The number of aromatic nitrogens is 3. The lowest BCUT2D eigenvalue weighted by Crippen LogP contribution is -2.26.